The van der Waals surface area contributed by atoms with Crippen LogP contribution in [0.1, 0.15) is 11.7 Å². The molecule has 0 aliphatic heterocycles. The number of rotatable bonds is 3. The van der Waals surface area contributed by atoms with E-state index in [0.29, 0.717) is 0 Å². The lowest BCUT2D eigenvalue weighted by molar-refractivity contribution is -0.156. The van der Waals surface area contributed by atoms with E-state index in [4.69, 9.17) is 34.8 Å². The van der Waals surface area contributed by atoms with Gasteiger partial charge in [0.1, 0.15) is 6.10 Å². The van der Waals surface area contributed by atoms with Gasteiger partial charge in [-0.25, -0.2) is 4.79 Å². The Morgan fingerprint density at radius 2 is 1.71 bits per heavy atom. The summed E-state index contributed by atoms with van der Waals surface area (Å²) in [4.78, 5) is 11.1. The summed E-state index contributed by atoms with van der Waals surface area (Å²) in [5.41, 5.74) is 0.0963. The number of hydrogen-bond acceptors (Lipinski definition) is 4. The van der Waals surface area contributed by atoms with Crippen molar-refractivity contribution in [2.24, 2.45) is 0 Å². The van der Waals surface area contributed by atoms with Gasteiger partial charge < -0.3 is 14.9 Å². The number of esters is 1. The van der Waals surface area contributed by atoms with Gasteiger partial charge in [-0.15, -0.1) is 0 Å². The van der Waals surface area contributed by atoms with E-state index < -0.39 is 18.2 Å². The number of benzene rings is 1. The number of halogens is 3. The van der Waals surface area contributed by atoms with Crippen LogP contribution in [-0.2, 0) is 9.53 Å². The first-order valence-corrected chi connectivity index (χ1v) is 5.60. The summed E-state index contributed by atoms with van der Waals surface area (Å²) >= 11 is 17.3. The zero-order valence-corrected chi connectivity index (χ0v) is 10.9. The van der Waals surface area contributed by atoms with Crippen LogP contribution in [0, 0.1) is 0 Å². The third-order valence-electron chi connectivity index (χ3n) is 2.10. The predicted molar refractivity (Wildman–Crippen MR) is 64.5 cm³/mol. The zero-order chi connectivity index (χ0) is 13.2. The molecule has 4 nitrogen and oxygen atoms in total. The zero-order valence-electron chi connectivity index (χ0n) is 8.65. The SMILES string of the molecule is COC(=O)C(O)C(O)c1cc(Cl)c(Cl)cc1Cl. The molecule has 1 rings (SSSR count). The number of carbonyl (C=O) groups excluding carboxylic acids is 1. The highest BCUT2D eigenvalue weighted by Crippen LogP contribution is 2.33. The molecule has 17 heavy (non-hydrogen) atoms. The van der Waals surface area contributed by atoms with Crippen molar-refractivity contribution in [3.05, 3.63) is 32.8 Å². The number of ether oxygens (including phenoxy) is 1. The van der Waals surface area contributed by atoms with Gasteiger partial charge in [0.25, 0.3) is 0 Å². The van der Waals surface area contributed by atoms with Crippen LogP contribution in [0.3, 0.4) is 0 Å². The summed E-state index contributed by atoms with van der Waals surface area (Å²) in [6, 6.07) is 2.59. The number of carbonyl (C=O) groups is 1. The Hall–Kier alpha value is -0.520. The molecule has 7 heteroatoms. The molecule has 0 bridgehead atoms. The average Bonchev–Trinajstić information content (AvgIpc) is 2.31. The fourth-order valence-electron chi connectivity index (χ4n) is 1.18. The topological polar surface area (TPSA) is 66.8 Å². The van der Waals surface area contributed by atoms with Crippen LogP contribution < -0.4 is 0 Å². The van der Waals surface area contributed by atoms with Crippen molar-refractivity contribution in [1.82, 2.24) is 0 Å². The van der Waals surface area contributed by atoms with Crippen molar-refractivity contribution >= 4 is 40.8 Å². The number of hydrogen-bond donors (Lipinski definition) is 2. The van der Waals surface area contributed by atoms with E-state index in [9.17, 15) is 15.0 Å². The van der Waals surface area contributed by atoms with E-state index in [-0.39, 0.29) is 20.6 Å². The number of aliphatic hydroxyl groups is 2. The maximum absolute atomic E-state index is 11.1. The fourth-order valence-corrected chi connectivity index (χ4v) is 1.85. The minimum Gasteiger partial charge on any atom is -0.467 e. The van der Waals surface area contributed by atoms with Crippen LogP contribution in [0.25, 0.3) is 0 Å². The molecule has 0 heterocycles. The van der Waals surface area contributed by atoms with Gasteiger partial charge in [-0.3, -0.25) is 0 Å². The van der Waals surface area contributed by atoms with E-state index in [1.807, 2.05) is 0 Å². The average molecular weight is 300 g/mol. The van der Waals surface area contributed by atoms with Gasteiger partial charge in [0.2, 0.25) is 0 Å². The number of methoxy groups -OCH3 is 1. The quantitative estimate of drug-likeness (QED) is 0.663. The Labute approximate surface area is 113 Å². The largest absolute Gasteiger partial charge is 0.467 e. The third-order valence-corrected chi connectivity index (χ3v) is 3.15. The molecule has 0 aromatic heterocycles. The normalized spacial score (nSPS) is 14.2. The summed E-state index contributed by atoms with van der Waals surface area (Å²) in [5, 5.41) is 19.7. The van der Waals surface area contributed by atoms with E-state index in [1.165, 1.54) is 12.1 Å². The molecule has 0 fully saturated rings. The first-order chi connectivity index (χ1) is 7.88. The molecule has 1 aromatic carbocycles. The second-order valence-corrected chi connectivity index (χ2v) is 4.42. The van der Waals surface area contributed by atoms with Crippen LogP contribution >= 0.6 is 34.8 Å². The maximum Gasteiger partial charge on any atom is 0.337 e. The highest BCUT2D eigenvalue weighted by Gasteiger charge is 2.28. The van der Waals surface area contributed by atoms with E-state index >= 15 is 0 Å². The van der Waals surface area contributed by atoms with Crippen molar-refractivity contribution in [2.75, 3.05) is 7.11 Å². The lowest BCUT2D eigenvalue weighted by Gasteiger charge is -2.17. The first kappa shape index (κ1) is 14.5. The van der Waals surface area contributed by atoms with E-state index in [1.54, 1.807) is 0 Å². The van der Waals surface area contributed by atoms with Crippen molar-refractivity contribution in [2.45, 2.75) is 12.2 Å². The standard InChI is InChI=1S/C10H9Cl3O4/c1-17-10(16)9(15)8(14)4-2-6(12)7(13)3-5(4)11/h2-3,8-9,14-15H,1H3. The minimum absolute atomic E-state index is 0.0925. The van der Waals surface area contributed by atoms with Gasteiger partial charge in [-0.1, -0.05) is 34.8 Å². The summed E-state index contributed by atoms with van der Waals surface area (Å²) in [6.07, 6.45) is -3.28. The predicted octanol–water partition coefficient (Wildman–Crippen LogP) is 2.21. The molecule has 0 saturated carbocycles. The molecule has 0 spiro atoms. The lowest BCUT2D eigenvalue weighted by Crippen LogP contribution is -2.29. The van der Waals surface area contributed by atoms with Crippen LogP contribution in [0.2, 0.25) is 15.1 Å². The number of aliphatic hydroxyl groups excluding tert-OH is 2. The van der Waals surface area contributed by atoms with Gasteiger partial charge in [0, 0.05) is 10.6 Å². The summed E-state index contributed by atoms with van der Waals surface area (Å²) in [6.45, 7) is 0. The first-order valence-electron chi connectivity index (χ1n) is 4.47. The van der Waals surface area contributed by atoms with Crippen molar-refractivity contribution in [3.8, 4) is 0 Å². The Bertz CT molecular complexity index is 436. The summed E-state index contributed by atoms with van der Waals surface area (Å²) < 4.78 is 4.30. The lowest BCUT2D eigenvalue weighted by atomic mass is 10.0. The highest BCUT2D eigenvalue weighted by atomic mass is 35.5. The van der Waals surface area contributed by atoms with Crippen molar-refractivity contribution in [3.63, 3.8) is 0 Å². The molecular weight excluding hydrogens is 290 g/mol. The Morgan fingerprint density at radius 3 is 2.24 bits per heavy atom. The smallest absolute Gasteiger partial charge is 0.337 e. The molecular formula is C10H9Cl3O4. The monoisotopic (exact) mass is 298 g/mol. The minimum atomic E-state index is -1.74. The van der Waals surface area contributed by atoms with Gasteiger partial charge in [0.15, 0.2) is 6.10 Å². The van der Waals surface area contributed by atoms with Gasteiger partial charge in [-0.2, -0.15) is 0 Å². The van der Waals surface area contributed by atoms with Crippen LogP contribution in [0.5, 0.6) is 0 Å². The molecule has 0 amide bonds. The Kier molecular flexibility index (Phi) is 5.04. The van der Waals surface area contributed by atoms with Gasteiger partial charge >= 0.3 is 5.97 Å². The highest BCUT2D eigenvalue weighted by molar-refractivity contribution is 6.43. The van der Waals surface area contributed by atoms with Crippen LogP contribution in [-0.4, -0.2) is 29.4 Å². The maximum atomic E-state index is 11.1. The molecule has 1 aromatic rings. The molecule has 2 unspecified atom stereocenters. The summed E-state index contributed by atoms with van der Waals surface area (Å²) in [7, 11) is 1.09. The molecule has 0 saturated heterocycles. The van der Waals surface area contributed by atoms with E-state index in [0.717, 1.165) is 7.11 Å². The molecule has 0 radical (unpaired) electrons. The Balaban J connectivity index is 3.08. The molecule has 94 valence electrons. The van der Waals surface area contributed by atoms with Gasteiger partial charge in [-0.05, 0) is 12.1 Å². The second-order valence-electron chi connectivity index (χ2n) is 3.20. The van der Waals surface area contributed by atoms with E-state index in [2.05, 4.69) is 4.74 Å². The molecule has 2 N–H and O–H groups in total. The van der Waals surface area contributed by atoms with Crippen LogP contribution in [0.4, 0.5) is 0 Å². The van der Waals surface area contributed by atoms with Crippen molar-refractivity contribution in [1.29, 1.82) is 0 Å². The van der Waals surface area contributed by atoms with Gasteiger partial charge in [0.05, 0.1) is 17.2 Å². The van der Waals surface area contributed by atoms with Crippen LogP contribution in [0.15, 0.2) is 12.1 Å². The molecule has 0 aliphatic rings. The third kappa shape index (κ3) is 3.24. The summed E-state index contributed by atoms with van der Waals surface area (Å²) in [5.74, 6) is -0.973. The Morgan fingerprint density at radius 1 is 1.18 bits per heavy atom. The molecule has 0 aliphatic carbocycles. The van der Waals surface area contributed by atoms with Crippen molar-refractivity contribution < 1.29 is 19.7 Å². The second kappa shape index (κ2) is 5.89. The fraction of sp³-hybridized carbons (Fsp3) is 0.300. The molecule has 2 atom stereocenters.